The molecule has 1 N–H and O–H groups in total. The topological polar surface area (TPSA) is 80.9 Å². The van der Waals surface area contributed by atoms with Gasteiger partial charge in [-0.3, -0.25) is 4.79 Å². The number of tetrazole rings is 1. The predicted molar refractivity (Wildman–Crippen MR) is 66.2 cm³/mol. The number of thioether (sulfide) groups is 1. The number of aryl methyl sites for hydroxylation is 1. The summed E-state index contributed by atoms with van der Waals surface area (Å²) in [5.74, 6) is -0.250. The van der Waals surface area contributed by atoms with E-state index in [0.29, 0.717) is 10.9 Å². The minimum Gasteiger partial charge on any atom is -0.480 e. The molecule has 1 aromatic carbocycles. The Morgan fingerprint density at radius 1 is 1.39 bits per heavy atom. The van der Waals surface area contributed by atoms with Gasteiger partial charge in [-0.05, 0) is 22.9 Å². The first-order valence-electron chi connectivity index (χ1n) is 5.31. The van der Waals surface area contributed by atoms with E-state index in [1.54, 1.807) is 0 Å². The van der Waals surface area contributed by atoms with E-state index in [9.17, 15) is 4.79 Å². The maximum absolute atomic E-state index is 10.6. The Morgan fingerprint density at radius 2 is 2.11 bits per heavy atom. The molecule has 6 nitrogen and oxygen atoms in total. The Labute approximate surface area is 108 Å². The van der Waals surface area contributed by atoms with Crippen LogP contribution >= 0.6 is 11.8 Å². The lowest BCUT2D eigenvalue weighted by atomic mass is 10.2. The van der Waals surface area contributed by atoms with Crippen molar-refractivity contribution in [1.29, 1.82) is 0 Å². The zero-order valence-corrected chi connectivity index (χ0v) is 10.6. The molecule has 0 amide bonds. The first kappa shape index (κ1) is 12.6. The van der Waals surface area contributed by atoms with Crippen LogP contribution in [0.5, 0.6) is 0 Å². The average Bonchev–Trinajstić information content (AvgIpc) is 2.75. The molecule has 0 aliphatic heterocycles. The van der Waals surface area contributed by atoms with Gasteiger partial charge in [-0.25, -0.2) is 4.68 Å². The molecule has 0 spiro atoms. The van der Waals surface area contributed by atoms with Crippen molar-refractivity contribution in [2.75, 3.05) is 0 Å². The molecule has 18 heavy (non-hydrogen) atoms. The molecule has 0 saturated carbocycles. The van der Waals surface area contributed by atoms with Crippen molar-refractivity contribution >= 4 is 17.7 Å². The Balaban J connectivity index is 1.99. The van der Waals surface area contributed by atoms with E-state index in [-0.39, 0.29) is 6.54 Å². The van der Waals surface area contributed by atoms with Crippen molar-refractivity contribution in [3.05, 3.63) is 35.4 Å². The Kier molecular flexibility index (Phi) is 3.93. The first-order chi connectivity index (χ1) is 8.65. The molecule has 7 heteroatoms. The van der Waals surface area contributed by atoms with E-state index in [4.69, 9.17) is 5.11 Å². The molecule has 0 fully saturated rings. The van der Waals surface area contributed by atoms with Crippen LogP contribution in [0.4, 0.5) is 0 Å². The Hall–Kier alpha value is -1.89. The van der Waals surface area contributed by atoms with E-state index < -0.39 is 5.97 Å². The largest absolute Gasteiger partial charge is 0.480 e. The monoisotopic (exact) mass is 264 g/mol. The van der Waals surface area contributed by atoms with Crippen LogP contribution in [0, 0.1) is 6.92 Å². The van der Waals surface area contributed by atoms with Gasteiger partial charge >= 0.3 is 5.97 Å². The molecule has 0 saturated heterocycles. The predicted octanol–water partition coefficient (Wildman–Crippen LogP) is 1.36. The van der Waals surface area contributed by atoms with Crippen LogP contribution in [-0.2, 0) is 17.1 Å². The lowest BCUT2D eigenvalue weighted by Crippen LogP contribution is -2.11. The molecule has 0 atom stereocenters. The summed E-state index contributed by atoms with van der Waals surface area (Å²) in [6.07, 6.45) is 0. The molecule has 0 bridgehead atoms. The van der Waals surface area contributed by atoms with Crippen molar-refractivity contribution < 1.29 is 9.90 Å². The van der Waals surface area contributed by atoms with Crippen LogP contribution in [0.1, 0.15) is 11.1 Å². The quantitative estimate of drug-likeness (QED) is 0.821. The summed E-state index contributed by atoms with van der Waals surface area (Å²) in [7, 11) is 0. The number of carboxylic acids is 1. The van der Waals surface area contributed by atoms with Crippen molar-refractivity contribution in [1.82, 2.24) is 20.2 Å². The summed E-state index contributed by atoms with van der Waals surface area (Å²) in [6, 6.07) is 8.15. The smallest absolute Gasteiger partial charge is 0.325 e. The maximum Gasteiger partial charge on any atom is 0.325 e. The molecule has 0 radical (unpaired) electrons. The fraction of sp³-hybridized carbons (Fsp3) is 0.273. The van der Waals surface area contributed by atoms with Crippen molar-refractivity contribution in [2.24, 2.45) is 0 Å². The Bertz CT molecular complexity index is 538. The molecular weight excluding hydrogens is 252 g/mol. The standard InChI is InChI=1S/C11H12N4O2S/c1-8-2-4-9(5-3-8)7-18-11-12-13-14-15(11)6-10(16)17/h2-5H,6-7H2,1H3,(H,16,17). The summed E-state index contributed by atoms with van der Waals surface area (Å²) in [5.41, 5.74) is 2.36. The number of hydrogen-bond acceptors (Lipinski definition) is 5. The molecular formula is C11H12N4O2S. The number of hydrogen-bond donors (Lipinski definition) is 1. The molecule has 0 unspecified atom stereocenters. The van der Waals surface area contributed by atoms with E-state index in [0.717, 1.165) is 5.56 Å². The van der Waals surface area contributed by atoms with E-state index >= 15 is 0 Å². The number of nitrogens with zero attached hydrogens (tertiary/aromatic N) is 4. The lowest BCUT2D eigenvalue weighted by Gasteiger charge is -2.02. The third-order valence-electron chi connectivity index (χ3n) is 2.27. The van der Waals surface area contributed by atoms with Gasteiger partial charge in [-0.2, -0.15) is 0 Å². The number of aliphatic carboxylic acids is 1. The van der Waals surface area contributed by atoms with Crippen LogP contribution in [0.2, 0.25) is 0 Å². The summed E-state index contributed by atoms with van der Waals surface area (Å²) >= 11 is 1.42. The summed E-state index contributed by atoms with van der Waals surface area (Å²) in [5, 5.41) is 20.1. The third-order valence-corrected chi connectivity index (χ3v) is 3.30. The lowest BCUT2D eigenvalue weighted by molar-refractivity contribution is -0.138. The number of benzene rings is 1. The van der Waals surface area contributed by atoms with Gasteiger partial charge in [0.15, 0.2) is 0 Å². The second kappa shape index (κ2) is 5.63. The van der Waals surface area contributed by atoms with Crippen LogP contribution in [0.3, 0.4) is 0 Å². The normalized spacial score (nSPS) is 10.5. The van der Waals surface area contributed by atoms with Gasteiger partial charge < -0.3 is 5.11 Å². The van der Waals surface area contributed by atoms with Gasteiger partial charge in [-0.1, -0.05) is 41.6 Å². The SMILES string of the molecule is Cc1ccc(CSc2nnnn2CC(=O)O)cc1. The van der Waals surface area contributed by atoms with E-state index in [1.807, 2.05) is 31.2 Å². The average molecular weight is 264 g/mol. The Morgan fingerprint density at radius 3 is 2.78 bits per heavy atom. The van der Waals surface area contributed by atoms with Crippen molar-refractivity contribution in [3.8, 4) is 0 Å². The van der Waals surface area contributed by atoms with Gasteiger partial charge in [0.1, 0.15) is 6.54 Å². The highest BCUT2D eigenvalue weighted by atomic mass is 32.2. The number of carbonyl (C=O) groups is 1. The molecule has 0 aliphatic rings. The minimum absolute atomic E-state index is 0.219. The molecule has 2 rings (SSSR count). The second-order valence-electron chi connectivity index (χ2n) is 3.79. The van der Waals surface area contributed by atoms with Crippen LogP contribution in [0.15, 0.2) is 29.4 Å². The molecule has 2 aromatic rings. The molecule has 1 aromatic heterocycles. The highest BCUT2D eigenvalue weighted by Crippen LogP contribution is 2.19. The van der Waals surface area contributed by atoms with Crippen LogP contribution in [-0.4, -0.2) is 31.3 Å². The van der Waals surface area contributed by atoms with Crippen molar-refractivity contribution in [2.45, 2.75) is 24.4 Å². The molecule has 1 heterocycles. The van der Waals surface area contributed by atoms with Gasteiger partial charge in [0.25, 0.3) is 0 Å². The highest BCUT2D eigenvalue weighted by Gasteiger charge is 2.09. The minimum atomic E-state index is -0.959. The van der Waals surface area contributed by atoms with E-state index in [2.05, 4.69) is 15.5 Å². The number of aromatic nitrogens is 4. The van der Waals surface area contributed by atoms with Gasteiger partial charge in [0.05, 0.1) is 0 Å². The zero-order chi connectivity index (χ0) is 13.0. The second-order valence-corrected chi connectivity index (χ2v) is 4.73. The number of rotatable bonds is 5. The summed E-state index contributed by atoms with van der Waals surface area (Å²) < 4.78 is 1.28. The van der Waals surface area contributed by atoms with E-state index in [1.165, 1.54) is 22.0 Å². The van der Waals surface area contributed by atoms with Crippen LogP contribution < -0.4 is 0 Å². The summed E-state index contributed by atoms with van der Waals surface area (Å²) in [6.45, 7) is 1.81. The zero-order valence-electron chi connectivity index (χ0n) is 9.78. The van der Waals surface area contributed by atoms with Gasteiger partial charge in [0, 0.05) is 5.75 Å². The highest BCUT2D eigenvalue weighted by molar-refractivity contribution is 7.98. The van der Waals surface area contributed by atoms with Crippen molar-refractivity contribution in [3.63, 3.8) is 0 Å². The fourth-order valence-corrected chi connectivity index (χ4v) is 2.19. The fourth-order valence-electron chi connectivity index (χ4n) is 1.36. The van der Waals surface area contributed by atoms with Crippen LogP contribution in [0.25, 0.3) is 0 Å². The third kappa shape index (κ3) is 3.30. The maximum atomic E-state index is 10.6. The number of carboxylic acid groups (broad SMARTS) is 1. The molecule has 0 aliphatic carbocycles. The molecule has 94 valence electrons. The van der Waals surface area contributed by atoms with Gasteiger partial charge in [0.2, 0.25) is 5.16 Å². The first-order valence-corrected chi connectivity index (χ1v) is 6.30. The van der Waals surface area contributed by atoms with Gasteiger partial charge in [-0.15, -0.1) is 5.10 Å². The summed E-state index contributed by atoms with van der Waals surface area (Å²) in [4.78, 5) is 10.6.